The summed E-state index contributed by atoms with van der Waals surface area (Å²) in [6.45, 7) is 1.97. The molecule has 4 rings (SSSR count). The van der Waals surface area contributed by atoms with Crippen molar-refractivity contribution in [3.05, 3.63) is 71.6 Å². The predicted molar refractivity (Wildman–Crippen MR) is 131 cm³/mol. The highest BCUT2D eigenvalue weighted by atomic mass is 32.2. The van der Waals surface area contributed by atoms with E-state index in [0.717, 1.165) is 21.1 Å². The summed E-state index contributed by atoms with van der Waals surface area (Å²) >= 11 is 2.36. The summed E-state index contributed by atoms with van der Waals surface area (Å²) in [4.78, 5) is 39.1. The largest absolute Gasteiger partial charge is 0.462 e. The molecule has 1 unspecified atom stereocenters. The number of imide groups is 1. The average molecular weight is 517 g/mol. The first-order chi connectivity index (χ1) is 16.3. The number of thiophene rings is 1. The Kier molecular flexibility index (Phi) is 7.05. The number of amides is 2. The number of benzene rings is 2. The van der Waals surface area contributed by atoms with E-state index in [0.29, 0.717) is 16.9 Å². The number of anilines is 2. The summed E-state index contributed by atoms with van der Waals surface area (Å²) in [6, 6.07) is 15.9. The molecule has 1 atom stereocenters. The van der Waals surface area contributed by atoms with Crippen LogP contribution in [0, 0.1) is 0 Å². The standard InChI is InChI=1S/C23H20N2O6S3/c1-2-31-23(28)15-5-9-17(10-6-15)25-20(26)14-19(22(25)27)33-18-11-7-16(8-12-18)24-34(29,30)21-4-3-13-32-21/h3-13,19,24H,2,14H2,1H3. The van der Waals surface area contributed by atoms with Crippen molar-refractivity contribution in [2.75, 3.05) is 16.2 Å². The van der Waals surface area contributed by atoms with Gasteiger partial charge in [-0.05, 0) is 66.9 Å². The fourth-order valence-electron chi connectivity index (χ4n) is 3.32. The van der Waals surface area contributed by atoms with Crippen LogP contribution in [0.15, 0.2) is 75.1 Å². The lowest BCUT2D eigenvalue weighted by Crippen LogP contribution is -2.31. The van der Waals surface area contributed by atoms with Gasteiger partial charge < -0.3 is 4.74 Å². The molecule has 2 aromatic carbocycles. The van der Waals surface area contributed by atoms with Crippen LogP contribution in [0.3, 0.4) is 0 Å². The zero-order valence-electron chi connectivity index (χ0n) is 18.0. The molecular formula is C23H20N2O6S3. The maximum Gasteiger partial charge on any atom is 0.338 e. The van der Waals surface area contributed by atoms with Gasteiger partial charge in [-0.3, -0.25) is 14.3 Å². The van der Waals surface area contributed by atoms with Gasteiger partial charge in [-0.15, -0.1) is 23.1 Å². The fraction of sp³-hybridized carbons (Fsp3) is 0.174. The number of esters is 1. The van der Waals surface area contributed by atoms with Crippen LogP contribution in [0.4, 0.5) is 11.4 Å². The number of hydrogen-bond acceptors (Lipinski definition) is 8. The molecule has 1 aliphatic rings. The van der Waals surface area contributed by atoms with Crippen LogP contribution >= 0.6 is 23.1 Å². The van der Waals surface area contributed by atoms with Gasteiger partial charge in [0.1, 0.15) is 4.21 Å². The molecule has 0 spiro atoms. The third-order valence-corrected chi connectivity index (χ3v) is 8.86. The second-order valence-electron chi connectivity index (χ2n) is 7.21. The van der Waals surface area contributed by atoms with Crippen LogP contribution < -0.4 is 9.62 Å². The number of ether oxygens (including phenoxy) is 1. The Morgan fingerprint density at radius 1 is 1.12 bits per heavy atom. The van der Waals surface area contributed by atoms with Crippen molar-refractivity contribution < 1.29 is 27.5 Å². The number of rotatable bonds is 8. The molecule has 0 radical (unpaired) electrons. The maximum atomic E-state index is 12.9. The van der Waals surface area contributed by atoms with Gasteiger partial charge >= 0.3 is 5.97 Å². The summed E-state index contributed by atoms with van der Waals surface area (Å²) < 4.78 is 32.4. The van der Waals surface area contributed by atoms with Crippen LogP contribution in [-0.4, -0.2) is 38.1 Å². The smallest absolute Gasteiger partial charge is 0.338 e. The minimum atomic E-state index is -3.64. The number of hydrogen-bond donors (Lipinski definition) is 1. The topological polar surface area (TPSA) is 110 Å². The Bertz CT molecular complexity index is 1300. The second-order valence-corrected chi connectivity index (χ2v) is 11.3. The van der Waals surface area contributed by atoms with E-state index in [4.69, 9.17) is 4.74 Å². The number of carbonyl (C=O) groups is 3. The Hall–Kier alpha value is -3.15. The highest BCUT2D eigenvalue weighted by molar-refractivity contribution is 8.00. The quantitative estimate of drug-likeness (QED) is 0.354. The van der Waals surface area contributed by atoms with Crippen molar-refractivity contribution >= 4 is 62.3 Å². The number of carbonyl (C=O) groups excluding carboxylic acids is 3. The number of sulfonamides is 1. The number of nitrogens with one attached hydrogen (secondary N) is 1. The molecule has 0 bridgehead atoms. The molecule has 1 fully saturated rings. The first-order valence-corrected chi connectivity index (χ1v) is 13.5. The van der Waals surface area contributed by atoms with Crippen LogP contribution in [0.1, 0.15) is 23.7 Å². The van der Waals surface area contributed by atoms with Crippen LogP contribution in [0.5, 0.6) is 0 Å². The monoisotopic (exact) mass is 516 g/mol. The number of nitrogens with zero attached hydrogens (tertiary/aromatic N) is 1. The zero-order valence-corrected chi connectivity index (χ0v) is 20.4. The molecule has 0 saturated carbocycles. The Balaban J connectivity index is 1.41. The van der Waals surface area contributed by atoms with E-state index >= 15 is 0 Å². The van der Waals surface area contributed by atoms with E-state index in [1.807, 2.05) is 0 Å². The van der Waals surface area contributed by atoms with Crippen molar-refractivity contribution in [2.24, 2.45) is 0 Å². The van der Waals surface area contributed by atoms with Gasteiger partial charge in [-0.25, -0.2) is 18.1 Å². The molecule has 11 heteroatoms. The van der Waals surface area contributed by atoms with E-state index in [9.17, 15) is 22.8 Å². The van der Waals surface area contributed by atoms with Crippen LogP contribution in [0.25, 0.3) is 0 Å². The molecule has 1 N–H and O–H groups in total. The van der Waals surface area contributed by atoms with E-state index in [1.54, 1.807) is 54.8 Å². The second kappa shape index (κ2) is 10.00. The normalized spacial score (nSPS) is 16.0. The first kappa shape index (κ1) is 24.0. The highest BCUT2D eigenvalue weighted by Crippen LogP contribution is 2.34. The Morgan fingerprint density at radius 2 is 1.82 bits per heavy atom. The van der Waals surface area contributed by atoms with Crippen molar-refractivity contribution in [3.8, 4) is 0 Å². The molecule has 1 saturated heterocycles. The van der Waals surface area contributed by atoms with Gasteiger partial charge in [0.15, 0.2) is 0 Å². The molecule has 2 heterocycles. The SMILES string of the molecule is CCOC(=O)c1ccc(N2C(=O)CC(Sc3ccc(NS(=O)(=O)c4cccs4)cc3)C2=O)cc1. The lowest BCUT2D eigenvalue weighted by molar-refractivity contribution is -0.121. The Morgan fingerprint density at radius 3 is 2.44 bits per heavy atom. The fourth-order valence-corrected chi connectivity index (χ4v) is 6.42. The molecule has 3 aromatic rings. The lowest BCUT2D eigenvalue weighted by atomic mass is 10.2. The highest BCUT2D eigenvalue weighted by Gasteiger charge is 2.40. The maximum absolute atomic E-state index is 12.9. The zero-order chi connectivity index (χ0) is 24.3. The van der Waals surface area contributed by atoms with Gasteiger partial charge in [-0.1, -0.05) is 6.07 Å². The number of thioether (sulfide) groups is 1. The van der Waals surface area contributed by atoms with Crippen molar-refractivity contribution in [3.63, 3.8) is 0 Å². The van der Waals surface area contributed by atoms with Gasteiger partial charge in [0.2, 0.25) is 11.8 Å². The first-order valence-electron chi connectivity index (χ1n) is 10.3. The summed E-state index contributed by atoms with van der Waals surface area (Å²) in [5.74, 6) is -1.14. The molecule has 1 aliphatic heterocycles. The van der Waals surface area contributed by atoms with Crippen molar-refractivity contribution in [1.29, 1.82) is 0 Å². The van der Waals surface area contributed by atoms with Crippen molar-refractivity contribution in [2.45, 2.75) is 27.7 Å². The van der Waals surface area contributed by atoms with Crippen molar-refractivity contribution in [1.82, 2.24) is 0 Å². The van der Waals surface area contributed by atoms with Gasteiger partial charge in [0.25, 0.3) is 10.0 Å². The minimum Gasteiger partial charge on any atom is -0.462 e. The van der Waals surface area contributed by atoms with Crippen LogP contribution in [0.2, 0.25) is 0 Å². The molecular weight excluding hydrogens is 496 g/mol. The van der Waals surface area contributed by atoms with E-state index < -0.39 is 21.2 Å². The molecule has 176 valence electrons. The Labute approximate surface area is 205 Å². The van der Waals surface area contributed by atoms with Gasteiger partial charge in [0, 0.05) is 17.0 Å². The summed E-state index contributed by atoms with van der Waals surface area (Å²) in [5.41, 5.74) is 1.13. The predicted octanol–water partition coefficient (Wildman–Crippen LogP) is 4.15. The van der Waals surface area contributed by atoms with Gasteiger partial charge in [0.05, 0.1) is 23.1 Å². The summed E-state index contributed by atoms with van der Waals surface area (Å²) in [5, 5.41) is 1.08. The molecule has 1 aromatic heterocycles. The minimum absolute atomic E-state index is 0.0376. The van der Waals surface area contributed by atoms with Gasteiger partial charge in [-0.2, -0.15) is 0 Å². The van der Waals surface area contributed by atoms with E-state index in [1.165, 1.54) is 30.0 Å². The summed E-state index contributed by atoms with van der Waals surface area (Å²) in [7, 11) is -3.64. The molecule has 2 amide bonds. The van der Waals surface area contributed by atoms with E-state index in [2.05, 4.69) is 4.72 Å². The molecule has 0 aliphatic carbocycles. The third kappa shape index (κ3) is 5.16. The average Bonchev–Trinajstić information content (AvgIpc) is 3.45. The molecule has 8 nitrogen and oxygen atoms in total. The van der Waals surface area contributed by atoms with E-state index in [-0.39, 0.29) is 29.1 Å². The third-order valence-electron chi connectivity index (χ3n) is 4.89. The lowest BCUT2D eigenvalue weighted by Gasteiger charge is -2.15. The summed E-state index contributed by atoms with van der Waals surface area (Å²) in [6.07, 6.45) is 0.0376. The van der Waals surface area contributed by atoms with Crippen LogP contribution in [-0.2, 0) is 24.3 Å². The molecule has 34 heavy (non-hydrogen) atoms.